The summed E-state index contributed by atoms with van der Waals surface area (Å²) in [7, 11) is -5.06. The molecule has 11 heteroatoms. The highest BCUT2D eigenvalue weighted by molar-refractivity contribution is 6.61. The lowest BCUT2D eigenvalue weighted by atomic mass is 10.3. The second-order valence-electron chi connectivity index (χ2n) is 8.54. The maximum atomic E-state index is 5.92. The van der Waals surface area contributed by atoms with E-state index >= 15 is 0 Å². The first-order valence-electron chi connectivity index (χ1n) is 14.7. The van der Waals surface area contributed by atoms with Crippen molar-refractivity contribution in [2.75, 3.05) is 85.7 Å². The summed E-state index contributed by atoms with van der Waals surface area (Å²) < 4.78 is 47.3. The molecule has 0 aromatic heterocycles. The lowest BCUT2D eigenvalue weighted by Crippen LogP contribution is -2.45. The Morgan fingerprint density at radius 2 is 0.757 bits per heavy atom. The summed E-state index contributed by atoms with van der Waals surface area (Å²) in [5.41, 5.74) is 0. The molecule has 0 rings (SSSR count). The van der Waals surface area contributed by atoms with Crippen LogP contribution < -0.4 is 0 Å². The van der Waals surface area contributed by atoms with Gasteiger partial charge in [-0.2, -0.15) is 0 Å². The molecule has 0 amide bonds. The Morgan fingerprint density at radius 3 is 1.03 bits per heavy atom. The van der Waals surface area contributed by atoms with Gasteiger partial charge in [-0.25, -0.2) is 0 Å². The molecule has 0 bridgehead atoms. The van der Waals surface area contributed by atoms with Gasteiger partial charge in [0.05, 0.1) is 13.2 Å². The molecular formula is C26H59NO8Si2. The summed E-state index contributed by atoms with van der Waals surface area (Å²) in [5.74, 6) is 0. The summed E-state index contributed by atoms with van der Waals surface area (Å²) in [5, 5.41) is 0. The Hall–Kier alpha value is 0.0738. The highest BCUT2D eigenvalue weighted by Gasteiger charge is 2.40. The lowest BCUT2D eigenvalue weighted by Gasteiger charge is -2.28. The molecule has 0 saturated heterocycles. The van der Waals surface area contributed by atoms with Crippen LogP contribution in [0.3, 0.4) is 0 Å². The summed E-state index contributed by atoms with van der Waals surface area (Å²) in [6.45, 7) is 23.7. The maximum absolute atomic E-state index is 5.92. The summed E-state index contributed by atoms with van der Waals surface area (Å²) in [6.07, 6.45) is 3.94. The zero-order valence-corrected chi connectivity index (χ0v) is 27.1. The topological polar surface area (TPSA) is 77.1 Å². The van der Waals surface area contributed by atoms with Gasteiger partial charge in [-0.3, -0.25) is 4.90 Å². The van der Waals surface area contributed by atoms with Crippen LogP contribution in [0.25, 0.3) is 0 Å². The molecule has 0 aliphatic carbocycles. The van der Waals surface area contributed by atoms with E-state index in [0.717, 1.165) is 83.8 Å². The van der Waals surface area contributed by atoms with Gasteiger partial charge in [-0.05, 0) is 73.8 Å². The van der Waals surface area contributed by atoms with Gasteiger partial charge in [0, 0.05) is 78.0 Å². The molecule has 224 valence electrons. The fourth-order valence-electron chi connectivity index (χ4n) is 4.11. The first-order valence-corrected chi connectivity index (χ1v) is 18.6. The Balaban J connectivity index is 3.99. The molecule has 0 saturated carbocycles. The number of ether oxygens (including phenoxy) is 2. The average molecular weight is 570 g/mol. The predicted octanol–water partition coefficient (Wildman–Crippen LogP) is 5.00. The van der Waals surface area contributed by atoms with Crippen molar-refractivity contribution in [3.8, 4) is 0 Å². The minimum atomic E-state index is -2.53. The Labute approximate surface area is 230 Å². The van der Waals surface area contributed by atoms with Crippen LogP contribution in [0.2, 0.25) is 12.1 Å². The van der Waals surface area contributed by atoms with E-state index in [1.54, 1.807) is 0 Å². The SMILES string of the molecule is CCO[Si](CCCCOCCN(CC)CCOCCCC[Si](OCC)(OCC)OCC)(OCC)OCC. The fourth-order valence-corrected chi connectivity index (χ4v) is 9.48. The van der Waals surface area contributed by atoms with E-state index in [1.807, 2.05) is 41.5 Å². The van der Waals surface area contributed by atoms with Crippen LogP contribution in [0.15, 0.2) is 0 Å². The highest BCUT2D eigenvalue weighted by atomic mass is 28.4. The quantitative estimate of drug-likeness (QED) is 0.0914. The molecule has 0 aliphatic heterocycles. The van der Waals surface area contributed by atoms with Gasteiger partial charge in [0.2, 0.25) is 0 Å². The molecule has 0 atom stereocenters. The van der Waals surface area contributed by atoms with Crippen LogP contribution >= 0.6 is 0 Å². The predicted molar refractivity (Wildman–Crippen MR) is 153 cm³/mol. The van der Waals surface area contributed by atoms with Crippen LogP contribution in [0.1, 0.15) is 74.1 Å². The van der Waals surface area contributed by atoms with Crippen molar-refractivity contribution in [3.63, 3.8) is 0 Å². The number of hydrogen-bond donors (Lipinski definition) is 0. The molecule has 37 heavy (non-hydrogen) atoms. The van der Waals surface area contributed by atoms with E-state index in [1.165, 1.54) is 0 Å². The van der Waals surface area contributed by atoms with E-state index < -0.39 is 17.6 Å². The van der Waals surface area contributed by atoms with Gasteiger partial charge in [0.1, 0.15) is 0 Å². The third-order valence-electron chi connectivity index (χ3n) is 5.78. The number of rotatable bonds is 29. The van der Waals surface area contributed by atoms with Crippen LogP contribution in [-0.4, -0.2) is 108 Å². The largest absolute Gasteiger partial charge is 0.500 e. The molecule has 0 aliphatic rings. The molecule has 0 aromatic carbocycles. The van der Waals surface area contributed by atoms with Gasteiger partial charge in [-0.1, -0.05) is 6.92 Å². The van der Waals surface area contributed by atoms with Crippen molar-refractivity contribution in [3.05, 3.63) is 0 Å². The minimum absolute atomic E-state index is 0.622. The molecule has 0 unspecified atom stereocenters. The second kappa shape index (κ2) is 25.1. The van der Waals surface area contributed by atoms with Crippen molar-refractivity contribution in [2.24, 2.45) is 0 Å². The smallest absolute Gasteiger partial charge is 0.380 e. The van der Waals surface area contributed by atoms with Gasteiger partial charge in [0.15, 0.2) is 0 Å². The molecule has 0 heterocycles. The van der Waals surface area contributed by atoms with Crippen LogP contribution in [0.5, 0.6) is 0 Å². The average Bonchev–Trinajstić information content (AvgIpc) is 2.87. The van der Waals surface area contributed by atoms with Crippen LogP contribution in [0.4, 0.5) is 0 Å². The first kappa shape index (κ1) is 37.1. The lowest BCUT2D eigenvalue weighted by molar-refractivity contribution is 0.0650. The Morgan fingerprint density at radius 1 is 0.432 bits per heavy atom. The highest BCUT2D eigenvalue weighted by Crippen LogP contribution is 2.20. The third kappa shape index (κ3) is 18.1. The van der Waals surface area contributed by atoms with E-state index in [0.29, 0.717) is 39.6 Å². The molecule has 0 spiro atoms. The van der Waals surface area contributed by atoms with Crippen molar-refractivity contribution in [2.45, 2.75) is 86.2 Å². The van der Waals surface area contributed by atoms with Crippen molar-refractivity contribution < 1.29 is 36.0 Å². The van der Waals surface area contributed by atoms with Gasteiger partial charge in [0.25, 0.3) is 0 Å². The first-order chi connectivity index (χ1) is 18.0. The number of unbranched alkanes of at least 4 members (excludes halogenated alkanes) is 2. The van der Waals surface area contributed by atoms with Crippen molar-refractivity contribution in [1.29, 1.82) is 0 Å². The van der Waals surface area contributed by atoms with E-state index in [-0.39, 0.29) is 0 Å². The van der Waals surface area contributed by atoms with Gasteiger partial charge < -0.3 is 36.0 Å². The second-order valence-corrected chi connectivity index (χ2v) is 14.0. The Bertz CT molecular complexity index is 419. The minimum Gasteiger partial charge on any atom is -0.380 e. The van der Waals surface area contributed by atoms with Crippen molar-refractivity contribution >= 4 is 17.6 Å². The molecule has 0 aromatic rings. The van der Waals surface area contributed by atoms with Crippen LogP contribution in [-0.2, 0) is 36.0 Å². The molecule has 0 N–H and O–H groups in total. The zero-order valence-electron chi connectivity index (χ0n) is 25.1. The molecule has 0 radical (unpaired) electrons. The Kier molecular flexibility index (Phi) is 25.1. The number of likely N-dealkylation sites (N-methyl/N-ethyl adjacent to an activating group) is 1. The third-order valence-corrected chi connectivity index (χ3v) is 12.1. The van der Waals surface area contributed by atoms with E-state index in [4.69, 9.17) is 36.0 Å². The van der Waals surface area contributed by atoms with Gasteiger partial charge in [-0.15, -0.1) is 0 Å². The molecule has 9 nitrogen and oxygen atoms in total. The number of hydrogen-bond acceptors (Lipinski definition) is 9. The summed E-state index contributed by atoms with van der Waals surface area (Å²) >= 11 is 0. The fraction of sp³-hybridized carbons (Fsp3) is 1.00. The normalized spacial score (nSPS) is 12.6. The summed E-state index contributed by atoms with van der Waals surface area (Å²) in [4.78, 5) is 2.37. The van der Waals surface area contributed by atoms with E-state index in [2.05, 4.69) is 11.8 Å². The number of nitrogens with zero attached hydrogens (tertiary/aromatic N) is 1. The zero-order chi connectivity index (χ0) is 27.7. The van der Waals surface area contributed by atoms with Gasteiger partial charge >= 0.3 is 17.6 Å². The monoisotopic (exact) mass is 569 g/mol. The van der Waals surface area contributed by atoms with Crippen LogP contribution in [0, 0.1) is 0 Å². The van der Waals surface area contributed by atoms with E-state index in [9.17, 15) is 0 Å². The van der Waals surface area contributed by atoms with Crippen molar-refractivity contribution in [1.82, 2.24) is 4.90 Å². The molecular weight excluding hydrogens is 510 g/mol. The summed E-state index contributed by atoms with van der Waals surface area (Å²) in [6, 6.07) is 1.69. The molecule has 0 fully saturated rings. The standard InChI is InChI=1S/C26H59NO8Si2/c1-8-27(19-23-28-21-15-17-25-36(30-9-2,31-10-3)32-11-4)20-24-29-22-16-18-26-37(33-12-5,34-13-6)35-14-7/h8-26H2,1-7H3. The maximum Gasteiger partial charge on any atom is 0.500 e.